The van der Waals surface area contributed by atoms with Crippen molar-refractivity contribution in [1.29, 1.82) is 0 Å². The molecule has 0 fully saturated rings. The van der Waals surface area contributed by atoms with E-state index in [1.807, 2.05) is 30.3 Å². The number of hydrogen-bond acceptors (Lipinski definition) is 1. The Bertz CT molecular complexity index is 569. The Morgan fingerprint density at radius 2 is 1.68 bits per heavy atom. The van der Waals surface area contributed by atoms with Crippen LogP contribution in [0.5, 0.6) is 0 Å². The molecule has 0 spiro atoms. The van der Waals surface area contributed by atoms with E-state index < -0.39 is 0 Å². The standard InChI is InChI=1S/C15H13Cl3O/c16-13-3-1-2-10(7-13)12(9-19)6-11-4-5-14(17)8-15(11)18/h1-5,7-8,12,19H,6,9H2. The van der Waals surface area contributed by atoms with Crippen LogP contribution < -0.4 is 0 Å². The van der Waals surface area contributed by atoms with Crippen LogP contribution in [0.4, 0.5) is 0 Å². The van der Waals surface area contributed by atoms with Crippen LogP contribution >= 0.6 is 34.8 Å². The van der Waals surface area contributed by atoms with E-state index in [1.54, 1.807) is 12.1 Å². The summed E-state index contributed by atoms with van der Waals surface area (Å²) in [5.41, 5.74) is 1.96. The number of hydrogen-bond donors (Lipinski definition) is 1. The van der Waals surface area contributed by atoms with Crippen molar-refractivity contribution in [3.05, 3.63) is 68.7 Å². The van der Waals surface area contributed by atoms with Crippen molar-refractivity contribution in [2.45, 2.75) is 12.3 Å². The van der Waals surface area contributed by atoms with E-state index in [1.165, 1.54) is 0 Å². The molecule has 1 atom stereocenters. The van der Waals surface area contributed by atoms with Crippen LogP contribution in [-0.2, 0) is 6.42 Å². The summed E-state index contributed by atoms with van der Waals surface area (Å²) in [6, 6.07) is 12.9. The zero-order chi connectivity index (χ0) is 13.8. The molecule has 0 aliphatic carbocycles. The van der Waals surface area contributed by atoms with E-state index in [0.717, 1.165) is 11.1 Å². The molecule has 0 saturated heterocycles. The van der Waals surface area contributed by atoms with Gasteiger partial charge in [0, 0.05) is 21.0 Å². The molecule has 0 aliphatic heterocycles. The molecule has 0 heterocycles. The van der Waals surface area contributed by atoms with E-state index in [0.29, 0.717) is 21.5 Å². The normalized spacial score (nSPS) is 12.4. The molecule has 2 aromatic carbocycles. The summed E-state index contributed by atoms with van der Waals surface area (Å²) in [6.07, 6.45) is 0.646. The first-order valence-corrected chi connectivity index (χ1v) is 7.04. The number of benzene rings is 2. The second kappa shape index (κ2) is 6.62. The zero-order valence-corrected chi connectivity index (χ0v) is 12.4. The van der Waals surface area contributed by atoms with Crippen LogP contribution in [0.2, 0.25) is 15.1 Å². The topological polar surface area (TPSA) is 20.2 Å². The Labute approximate surface area is 127 Å². The van der Waals surface area contributed by atoms with Gasteiger partial charge in [-0.05, 0) is 41.8 Å². The number of rotatable bonds is 4. The molecule has 2 aromatic rings. The van der Waals surface area contributed by atoms with Crippen LogP contribution in [0.1, 0.15) is 17.0 Å². The maximum absolute atomic E-state index is 9.56. The molecule has 4 heteroatoms. The fourth-order valence-corrected chi connectivity index (χ4v) is 2.69. The first-order valence-electron chi connectivity index (χ1n) is 5.90. The maximum atomic E-state index is 9.56. The van der Waals surface area contributed by atoms with Gasteiger partial charge in [-0.25, -0.2) is 0 Å². The summed E-state index contributed by atoms with van der Waals surface area (Å²) in [6.45, 7) is 0.0410. The fraction of sp³-hybridized carbons (Fsp3) is 0.200. The Morgan fingerprint density at radius 1 is 0.947 bits per heavy atom. The molecule has 0 aromatic heterocycles. The molecule has 1 unspecified atom stereocenters. The number of aliphatic hydroxyl groups excluding tert-OH is 1. The summed E-state index contributed by atoms with van der Waals surface area (Å²) >= 11 is 18.0. The number of halogens is 3. The minimum atomic E-state index is -0.0302. The first kappa shape index (κ1) is 14.7. The Hall–Kier alpha value is -0.730. The predicted octanol–water partition coefficient (Wildman–Crippen LogP) is 4.97. The third kappa shape index (κ3) is 3.87. The lowest BCUT2D eigenvalue weighted by Gasteiger charge is -2.16. The zero-order valence-electron chi connectivity index (χ0n) is 10.1. The molecule has 0 bridgehead atoms. The molecule has 2 rings (SSSR count). The maximum Gasteiger partial charge on any atom is 0.0502 e. The average Bonchev–Trinajstić information content (AvgIpc) is 2.38. The van der Waals surface area contributed by atoms with Gasteiger partial charge in [0.1, 0.15) is 0 Å². The molecule has 1 nitrogen and oxygen atoms in total. The van der Waals surface area contributed by atoms with E-state index in [2.05, 4.69) is 0 Å². The van der Waals surface area contributed by atoms with Gasteiger partial charge in [-0.2, -0.15) is 0 Å². The van der Waals surface area contributed by atoms with Gasteiger partial charge < -0.3 is 5.11 Å². The quantitative estimate of drug-likeness (QED) is 0.845. The molecular weight excluding hydrogens is 303 g/mol. The molecule has 0 amide bonds. The lowest BCUT2D eigenvalue weighted by Crippen LogP contribution is -2.08. The smallest absolute Gasteiger partial charge is 0.0502 e. The summed E-state index contributed by atoms with van der Waals surface area (Å²) in [5, 5.41) is 11.5. The SMILES string of the molecule is OCC(Cc1ccc(Cl)cc1Cl)c1cccc(Cl)c1. The van der Waals surface area contributed by atoms with Crippen molar-refractivity contribution in [2.75, 3.05) is 6.61 Å². The van der Waals surface area contributed by atoms with Gasteiger partial charge in [-0.3, -0.25) is 0 Å². The summed E-state index contributed by atoms with van der Waals surface area (Å²) in [7, 11) is 0. The second-order valence-corrected chi connectivity index (χ2v) is 5.65. The van der Waals surface area contributed by atoms with Gasteiger partial charge in [0.05, 0.1) is 6.61 Å². The minimum Gasteiger partial charge on any atom is -0.396 e. The Morgan fingerprint density at radius 3 is 2.32 bits per heavy atom. The average molecular weight is 316 g/mol. The highest BCUT2D eigenvalue weighted by Gasteiger charge is 2.13. The van der Waals surface area contributed by atoms with Crippen molar-refractivity contribution in [2.24, 2.45) is 0 Å². The lowest BCUT2D eigenvalue weighted by molar-refractivity contribution is 0.264. The van der Waals surface area contributed by atoms with E-state index in [9.17, 15) is 5.11 Å². The van der Waals surface area contributed by atoms with E-state index in [-0.39, 0.29) is 12.5 Å². The largest absolute Gasteiger partial charge is 0.396 e. The molecule has 0 aliphatic rings. The van der Waals surface area contributed by atoms with Crippen molar-refractivity contribution in [1.82, 2.24) is 0 Å². The predicted molar refractivity (Wildman–Crippen MR) is 81.4 cm³/mol. The third-order valence-corrected chi connectivity index (χ3v) is 3.84. The summed E-state index contributed by atoms with van der Waals surface area (Å²) in [4.78, 5) is 0. The van der Waals surface area contributed by atoms with Crippen molar-refractivity contribution < 1.29 is 5.11 Å². The van der Waals surface area contributed by atoms with Gasteiger partial charge in [0.2, 0.25) is 0 Å². The van der Waals surface area contributed by atoms with Crippen LogP contribution in [0.3, 0.4) is 0 Å². The van der Waals surface area contributed by atoms with Crippen molar-refractivity contribution in [3.8, 4) is 0 Å². The van der Waals surface area contributed by atoms with Crippen molar-refractivity contribution in [3.63, 3.8) is 0 Å². The molecular formula is C15H13Cl3O. The Kier molecular flexibility index (Phi) is 5.12. The van der Waals surface area contributed by atoms with E-state index >= 15 is 0 Å². The minimum absolute atomic E-state index is 0.0302. The van der Waals surface area contributed by atoms with Gasteiger partial charge in [0.25, 0.3) is 0 Å². The van der Waals surface area contributed by atoms with Crippen molar-refractivity contribution >= 4 is 34.8 Å². The van der Waals surface area contributed by atoms with E-state index in [4.69, 9.17) is 34.8 Å². The highest BCUT2D eigenvalue weighted by Crippen LogP contribution is 2.28. The van der Waals surface area contributed by atoms with Gasteiger partial charge in [-0.15, -0.1) is 0 Å². The molecule has 0 saturated carbocycles. The first-order chi connectivity index (χ1) is 9.10. The van der Waals surface area contributed by atoms with Crippen LogP contribution in [0, 0.1) is 0 Å². The van der Waals surface area contributed by atoms with Crippen LogP contribution in [-0.4, -0.2) is 11.7 Å². The molecule has 0 radical (unpaired) electrons. The van der Waals surface area contributed by atoms with Crippen LogP contribution in [0.15, 0.2) is 42.5 Å². The molecule has 19 heavy (non-hydrogen) atoms. The third-order valence-electron chi connectivity index (χ3n) is 3.02. The molecule has 100 valence electrons. The lowest BCUT2D eigenvalue weighted by atomic mass is 9.93. The number of aliphatic hydroxyl groups is 1. The highest BCUT2D eigenvalue weighted by atomic mass is 35.5. The van der Waals surface area contributed by atoms with Gasteiger partial charge in [-0.1, -0.05) is 53.0 Å². The highest BCUT2D eigenvalue weighted by molar-refractivity contribution is 6.35. The second-order valence-electron chi connectivity index (χ2n) is 4.37. The van der Waals surface area contributed by atoms with Gasteiger partial charge >= 0.3 is 0 Å². The van der Waals surface area contributed by atoms with Gasteiger partial charge in [0.15, 0.2) is 0 Å². The summed E-state index contributed by atoms with van der Waals surface area (Å²) in [5.74, 6) is -0.0302. The Balaban J connectivity index is 2.24. The summed E-state index contributed by atoms with van der Waals surface area (Å²) < 4.78 is 0. The van der Waals surface area contributed by atoms with Crippen LogP contribution in [0.25, 0.3) is 0 Å². The molecule has 1 N–H and O–H groups in total. The monoisotopic (exact) mass is 314 g/mol. The fourth-order valence-electron chi connectivity index (χ4n) is 2.00.